The molecule has 4 aromatic rings. The van der Waals surface area contributed by atoms with Gasteiger partial charge < -0.3 is 14.6 Å². The number of ether oxygens (including phenoxy) is 1. The summed E-state index contributed by atoms with van der Waals surface area (Å²) in [6, 6.07) is 18.0. The lowest BCUT2D eigenvalue weighted by Crippen LogP contribution is -3.06. The van der Waals surface area contributed by atoms with E-state index in [0.717, 1.165) is 28.3 Å². The lowest BCUT2D eigenvalue weighted by molar-refractivity contribution is -0.908. The van der Waals surface area contributed by atoms with Crippen LogP contribution in [0.2, 0.25) is 0 Å². The molecule has 0 aliphatic carbocycles. The zero-order valence-corrected chi connectivity index (χ0v) is 17.7. The molecule has 5 nitrogen and oxygen atoms in total. The molecule has 2 aromatic heterocycles. The van der Waals surface area contributed by atoms with Crippen LogP contribution in [-0.4, -0.2) is 23.6 Å². The fourth-order valence-electron chi connectivity index (χ4n) is 3.46. The number of aromatic nitrogens is 2. The summed E-state index contributed by atoms with van der Waals surface area (Å²) in [7, 11) is 2.09. The second-order valence-corrected chi connectivity index (χ2v) is 8.12. The molecule has 0 bridgehead atoms. The van der Waals surface area contributed by atoms with Gasteiger partial charge in [0.25, 0.3) is 5.56 Å². The van der Waals surface area contributed by atoms with E-state index in [9.17, 15) is 4.79 Å². The van der Waals surface area contributed by atoms with Gasteiger partial charge in [-0.15, -0.1) is 11.3 Å². The van der Waals surface area contributed by atoms with Crippen LogP contribution in [0.4, 0.5) is 0 Å². The number of nitrogens with zero attached hydrogens (tertiary/aromatic N) is 1. The van der Waals surface area contributed by atoms with Crippen LogP contribution < -0.4 is 15.2 Å². The quantitative estimate of drug-likeness (QED) is 0.431. The van der Waals surface area contributed by atoms with Crippen LogP contribution in [-0.2, 0) is 13.1 Å². The molecule has 1 atom stereocenters. The molecule has 0 aliphatic heterocycles. The van der Waals surface area contributed by atoms with Gasteiger partial charge in [-0.2, -0.15) is 0 Å². The molecule has 0 radical (unpaired) electrons. The van der Waals surface area contributed by atoms with Crippen molar-refractivity contribution in [2.24, 2.45) is 0 Å². The maximum Gasteiger partial charge on any atom is 0.260 e. The Hall–Kier alpha value is -3.22. The SMILES string of the molecule is C=CCOc1ccc(C[NH+](C)Cc2nc3scc(-c4ccccc4)c3c(=O)[nH]2)cc1. The molecule has 0 amide bonds. The van der Waals surface area contributed by atoms with Gasteiger partial charge in [-0.3, -0.25) is 4.79 Å². The summed E-state index contributed by atoms with van der Waals surface area (Å²) in [4.78, 5) is 22.5. The fraction of sp³-hybridized carbons (Fsp3) is 0.167. The first kappa shape index (κ1) is 20.1. The summed E-state index contributed by atoms with van der Waals surface area (Å²) < 4.78 is 5.53. The van der Waals surface area contributed by atoms with Crippen molar-refractivity contribution in [3.63, 3.8) is 0 Å². The molecule has 6 heteroatoms. The van der Waals surface area contributed by atoms with Gasteiger partial charge in [-0.05, 0) is 29.8 Å². The van der Waals surface area contributed by atoms with Crippen LogP contribution in [0.5, 0.6) is 5.75 Å². The van der Waals surface area contributed by atoms with E-state index in [0.29, 0.717) is 24.4 Å². The Balaban J connectivity index is 1.49. The van der Waals surface area contributed by atoms with E-state index in [2.05, 4.69) is 30.7 Å². The first-order valence-electron chi connectivity index (χ1n) is 9.84. The van der Waals surface area contributed by atoms with Crippen molar-refractivity contribution >= 4 is 21.6 Å². The topological polar surface area (TPSA) is 59.4 Å². The van der Waals surface area contributed by atoms with Gasteiger partial charge in [-0.1, -0.05) is 43.0 Å². The van der Waals surface area contributed by atoms with Crippen molar-refractivity contribution in [3.05, 3.63) is 94.4 Å². The molecule has 30 heavy (non-hydrogen) atoms. The van der Waals surface area contributed by atoms with E-state index in [-0.39, 0.29) is 5.56 Å². The van der Waals surface area contributed by atoms with Crippen LogP contribution in [0.15, 0.2) is 77.4 Å². The lowest BCUT2D eigenvalue weighted by atomic mass is 10.1. The number of nitrogens with one attached hydrogen (secondary N) is 2. The highest BCUT2D eigenvalue weighted by molar-refractivity contribution is 7.17. The highest BCUT2D eigenvalue weighted by atomic mass is 32.1. The normalized spacial score (nSPS) is 12.0. The molecule has 152 valence electrons. The zero-order valence-electron chi connectivity index (χ0n) is 16.9. The van der Waals surface area contributed by atoms with Gasteiger partial charge in [0.1, 0.15) is 30.3 Å². The second-order valence-electron chi connectivity index (χ2n) is 7.26. The van der Waals surface area contributed by atoms with Crippen molar-refractivity contribution < 1.29 is 9.64 Å². The largest absolute Gasteiger partial charge is 0.490 e. The van der Waals surface area contributed by atoms with Crippen molar-refractivity contribution in [1.82, 2.24) is 9.97 Å². The predicted octanol–water partition coefficient (Wildman–Crippen LogP) is 3.43. The Morgan fingerprint density at radius 2 is 1.90 bits per heavy atom. The van der Waals surface area contributed by atoms with Crippen LogP contribution in [0.25, 0.3) is 21.3 Å². The third kappa shape index (κ3) is 4.50. The number of hydrogen-bond donors (Lipinski definition) is 2. The van der Waals surface area contributed by atoms with Crippen molar-refractivity contribution in [1.29, 1.82) is 0 Å². The summed E-state index contributed by atoms with van der Waals surface area (Å²) in [5.41, 5.74) is 3.10. The Morgan fingerprint density at radius 1 is 1.13 bits per heavy atom. The van der Waals surface area contributed by atoms with Crippen LogP contribution in [0.3, 0.4) is 0 Å². The summed E-state index contributed by atoms with van der Waals surface area (Å²) in [5, 5.41) is 2.68. The lowest BCUT2D eigenvalue weighted by Gasteiger charge is -2.14. The Bertz CT molecular complexity index is 1200. The number of H-pyrrole nitrogens is 1. The van der Waals surface area contributed by atoms with E-state index in [1.165, 1.54) is 21.8 Å². The molecular formula is C24H24N3O2S+. The monoisotopic (exact) mass is 418 g/mol. The van der Waals surface area contributed by atoms with E-state index < -0.39 is 0 Å². The fourth-order valence-corrected chi connectivity index (χ4v) is 4.43. The van der Waals surface area contributed by atoms with Crippen LogP contribution in [0.1, 0.15) is 11.4 Å². The van der Waals surface area contributed by atoms with Crippen molar-refractivity contribution in [2.75, 3.05) is 13.7 Å². The third-order valence-corrected chi connectivity index (χ3v) is 5.72. The first-order chi connectivity index (χ1) is 14.6. The number of thiophene rings is 1. The number of fused-ring (bicyclic) bond motifs is 1. The predicted molar refractivity (Wildman–Crippen MR) is 122 cm³/mol. The van der Waals surface area contributed by atoms with Gasteiger partial charge >= 0.3 is 0 Å². The van der Waals surface area contributed by atoms with E-state index >= 15 is 0 Å². The summed E-state index contributed by atoms with van der Waals surface area (Å²) in [6.45, 7) is 5.62. The minimum atomic E-state index is -0.0772. The number of aromatic amines is 1. The summed E-state index contributed by atoms with van der Waals surface area (Å²) >= 11 is 1.51. The van der Waals surface area contributed by atoms with Gasteiger partial charge in [0.05, 0.1) is 12.4 Å². The summed E-state index contributed by atoms with van der Waals surface area (Å²) in [6.07, 6.45) is 1.73. The van der Waals surface area contributed by atoms with Crippen molar-refractivity contribution in [3.8, 4) is 16.9 Å². The average molecular weight is 419 g/mol. The van der Waals surface area contributed by atoms with Gasteiger partial charge in [0.2, 0.25) is 0 Å². The molecule has 2 heterocycles. The van der Waals surface area contributed by atoms with Crippen molar-refractivity contribution in [2.45, 2.75) is 13.1 Å². The number of rotatable bonds is 8. The smallest absolute Gasteiger partial charge is 0.260 e. The standard InChI is InChI=1S/C24H23N3O2S/c1-3-13-29-19-11-9-17(10-12-19)14-27(2)15-21-25-23(28)22-20(16-30-24(22)26-21)18-7-5-4-6-8-18/h3-12,16H,1,13-15H2,2H3,(H,25,26,28)/p+1. The molecule has 0 spiro atoms. The third-order valence-electron chi connectivity index (χ3n) is 4.84. The molecular weight excluding hydrogens is 394 g/mol. The van der Waals surface area contributed by atoms with Crippen LogP contribution in [0, 0.1) is 0 Å². The minimum absolute atomic E-state index is 0.0772. The molecule has 0 aliphatic rings. The van der Waals surface area contributed by atoms with Crippen LogP contribution >= 0.6 is 11.3 Å². The molecule has 2 N–H and O–H groups in total. The molecule has 0 saturated carbocycles. The Kier molecular flexibility index (Phi) is 6.07. The highest BCUT2D eigenvalue weighted by Crippen LogP contribution is 2.30. The molecule has 4 rings (SSSR count). The van der Waals surface area contributed by atoms with Gasteiger partial charge in [0, 0.05) is 16.5 Å². The second kappa shape index (κ2) is 9.07. The Labute approximate surface area is 179 Å². The maximum absolute atomic E-state index is 12.8. The number of hydrogen-bond acceptors (Lipinski definition) is 4. The average Bonchev–Trinajstić information content (AvgIpc) is 3.18. The number of quaternary nitrogens is 1. The molecule has 2 aromatic carbocycles. The first-order valence-corrected chi connectivity index (χ1v) is 10.7. The highest BCUT2D eigenvalue weighted by Gasteiger charge is 2.15. The maximum atomic E-state index is 12.8. The van der Waals surface area contributed by atoms with Gasteiger partial charge in [0.15, 0.2) is 5.82 Å². The molecule has 1 unspecified atom stereocenters. The Morgan fingerprint density at radius 3 is 2.63 bits per heavy atom. The zero-order chi connectivity index (χ0) is 20.9. The van der Waals surface area contributed by atoms with E-state index in [1.807, 2.05) is 47.8 Å². The van der Waals surface area contributed by atoms with E-state index in [1.54, 1.807) is 6.08 Å². The summed E-state index contributed by atoms with van der Waals surface area (Å²) in [5.74, 6) is 1.54. The van der Waals surface area contributed by atoms with E-state index in [4.69, 9.17) is 9.72 Å². The van der Waals surface area contributed by atoms with Gasteiger partial charge in [-0.25, -0.2) is 4.98 Å². The molecule has 0 fully saturated rings. The minimum Gasteiger partial charge on any atom is -0.490 e. The molecule has 0 saturated heterocycles. The number of benzene rings is 2.